The van der Waals surface area contributed by atoms with Crippen LogP contribution in [0.25, 0.3) is 6.08 Å². The highest BCUT2D eigenvalue weighted by molar-refractivity contribution is 8.27. The summed E-state index contributed by atoms with van der Waals surface area (Å²) < 4.78 is 27.2. The average Bonchev–Trinajstić information content (AvgIpc) is 3.10. The zero-order valence-electron chi connectivity index (χ0n) is 15.8. The van der Waals surface area contributed by atoms with Crippen LogP contribution in [0.15, 0.2) is 39.9 Å². The van der Waals surface area contributed by atoms with E-state index in [-0.39, 0.29) is 17.2 Å². The van der Waals surface area contributed by atoms with E-state index in [1.807, 2.05) is 0 Å². The van der Waals surface area contributed by atoms with Crippen LogP contribution in [0.4, 0.5) is 0 Å². The van der Waals surface area contributed by atoms with Gasteiger partial charge >= 0.3 is 10.1 Å². The molecule has 10 heteroatoms. The first-order valence-corrected chi connectivity index (χ1v) is 11.9. The van der Waals surface area contributed by atoms with Crippen molar-refractivity contribution in [1.29, 1.82) is 5.41 Å². The van der Waals surface area contributed by atoms with Crippen LogP contribution in [0.2, 0.25) is 0 Å². The topological polar surface area (TPSA) is 112 Å². The molecule has 1 amide bonds. The minimum absolute atomic E-state index is 0.00484. The largest absolute Gasteiger partial charge is 0.383 e. The van der Waals surface area contributed by atoms with Crippen molar-refractivity contribution in [3.8, 4) is 5.75 Å². The Morgan fingerprint density at radius 2 is 1.90 bits per heavy atom. The number of hydrogen-bond donors (Lipinski definition) is 1. The Morgan fingerprint density at radius 3 is 2.55 bits per heavy atom. The third kappa shape index (κ3) is 4.43. The van der Waals surface area contributed by atoms with Gasteiger partial charge in [0.1, 0.15) is 10.8 Å². The number of fused-ring (bicyclic) bond motifs is 1. The van der Waals surface area contributed by atoms with Gasteiger partial charge in [0.2, 0.25) is 5.17 Å². The Hall–Kier alpha value is -2.46. The SMILES string of the molecule is CS(=O)(=O)Oc1ccc(C=C2C(=N)N3N=C(C4CCCCC4)SC3=NC2=O)cc1. The normalized spacial score (nSPS) is 21.8. The molecule has 0 saturated heterocycles. The molecule has 1 N–H and O–H groups in total. The Balaban J connectivity index is 1.56. The lowest BCUT2D eigenvalue weighted by atomic mass is 9.90. The van der Waals surface area contributed by atoms with E-state index in [2.05, 4.69) is 10.1 Å². The Labute approximate surface area is 173 Å². The summed E-state index contributed by atoms with van der Waals surface area (Å²) in [6, 6.07) is 6.21. The maximum Gasteiger partial charge on any atom is 0.306 e. The standard InChI is InChI=1S/C19H20N4O4S2/c1-29(25,26)27-14-9-7-12(8-10-14)11-15-16(20)23-19(21-17(15)24)28-18(22-23)13-5-3-2-4-6-13/h7-11,13,20H,2-6H2,1H3. The fourth-order valence-corrected chi connectivity index (χ4v) is 5.00. The van der Waals surface area contributed by atoms with E-state index in [9.17, 15) is 13.2 Å². The number of carbonyl (C=O) groups excluding carboxylic acids is 1. The predicted molar refractivity (Wildman–Crippen MR) is 113 cm³/mol. The highest BCUT2D eigenvalue weighted by Crippen LogP contribution is 2.36. The Bertz CT molecular complexity index is 1050. The summed E-state index contributed by atoms with van der Waals surface area (Å²) in [5, 5.41) is 15.8. The summed E-state index contributed by atoms with van der Waals surface area (Å²) in [6.07, 6.45) is 8.28. The lowest BCUT2D eigenvalue weighted by Gasteiger charge is -2.20. The van der Waals surface area contributed by atoms with E-state index in [1.165, 1.54) is 48.2 Å². The minimum atomic E-state index is -3.60. The van der Waals surface area contributed by atoms with Crippen molar-refractivity contribution in [2.24, 2.45) is 16.0 Å². The smallest absolute Gasteiger partial charge is 0.306 e. The first kappa shape index (κ1) is 19.8. The molecule has 4 rings (SSSR count). The molecule has 0 aromatic heterocycles. The second-order valence-corrected chi connectivity index (χ2v) is 9.71. The van der Waals surface area contributed by atoms with Crippen LogP contribution < -0.4 is 4.18 Å². The highest BCUT2D eigenvalue weighted by Gasteiger charge is 2.37. The number of aliphatic imine (C=N–C) groups is 1. The van der Waals surface area contributed by atoms with E-state index < -0.39 is 16.0 Å². The molecular formula is C19H20N4O4S2. The lowest BCUT2D eigenvalue weighted by molar-refractivity contribution is -0.114. The average molecular weight is 433 g/mol. The molecular weight excluding hydrogens is 412 g/mol. The van der Waals surface area contributed by atoms with Crippen LogP contribution in [0, 0.1) is 11.3 Å². The fraction of sp³-hybridized carbons (Fsp3) is 0.368. The van der Waals surface area contributed by atoms with Crippen molar-refractivity contribution in [1.82, 2.24) is 5.01 Å². The maximum absolute atomic E-state index is 12.5. The second kappa shape index (κ2) is 7.75. The van der Waals surface area contributed by atoms with Gasteiger partial charge in [0.05, 0.1) is 11.8 Å². The lowest BCUT2D eigenvalue weighted by Crippen LogP contribution is -2.35. The quantitative estimate of drug-likeness (QED) is 0.577. The van der Waals surface area contributed by atoms with E-state index in [0.717, 1.165) is 24.1 Å². The van der Waals surface area contributed by atoms with Gasteiger partial charge in [0, 0.05) is 5.92 Å². The zero-order valence-corrected chi connectivity index (χ0v) is 17.4. The third-order valence-electron chi connectivity index (χ3n) is 4.86. The summed E-state index contributed by atoms with van der Waals surface area (Å²) in [4.78, 5) is 16.6. The Kier molecular flexibility index (Phi) is 5.30. The first-order chi connectivity index (χ1) is 13.8. The maximum atomic E-state index is 12.5. The molecule has 1 aliphatic carbocycles. The molecule has 1 aromatic rings. The number of carbonyl (C=O) groups is 1. The number of hydrogen-bond acceptors (Lipinski definition) is 7. The molecule has 1 saturated carbocycles. The van der Waals surface area contributed by atoms with Crippen molar-refractivity contribution < 1.29 is 17.4 Å². The van der Waals surface area contributed by atoms with Crippen LogP contribution in [0.3, 0.4) is 0 Å². The van der Waals surface area contributed by atoms with Crippen LogP contribution in [0.5, 0.6) is 5.75 Å². The molecule has 0 radical (unpaired) electrons. The summed E-state index contributed by atoms with van der Waals surface area (Å²) in [6.45, 7) is 0. The van der Waals surface area contributed by atoms with Crippen molar-refractivity contribution in [3.05, 3.63) is 35.4 Å². The molecule has 0 bridgehead atoms. The van der Waals surface area contributed by atoms with Crippen molar-refractivity contribution in [2.75, 3.05) is 6.26 Å². The predicted octanol–water partition coefficient (Wildman–Crippen LogP) is 3.22. The van der Waals surface area contributed by atoms with Gasteiger partial charge in [0.15, 0.2) is 5.84 Å². The number of benzene rings is 1. The summed E-state index contributed by atoms with van der Waals surface area (Å²) in [5.74, 6) is 0.0671. The summed E-state index contributed by atoms with van der Waals surface area (Å²) in [7, 11) is -3.60. The van der Waals surface area contributed by atoms with Gasteiger partial charge in [-0.15, -0.1) is 0 Å². The van der Waals surface area contributed by atoms with E-state index in [0.29, 0.717) is 16.6 Å². The number of nitrogens with zero attached hydrogens (tertiary/aromatic N) is 3. The number of nitrogens with one attached hydrogen (secondary N) is 1. The number of hydrazone groups is 1. The van der Waals surface area contributed by atoms with Gasteiger partial charge in [-0.3, -0.25) is 10.2 Å². The van der Waals surface area contributed by atoms with Crippen LogP contribution in [0.1, 0.15) is 37.7 Å². The second-order valence-electron chi connectivity index (χ2n) is 7.15. The minimum Gasteiger partial charge on any atom is -0.383 e. The van der Waals surface area contributed by atoms with Gasteiger partial charge in [-0.05, 0) is 48.4 Å². The number of amidine groups is 2. The summed E-state index contributed by atoms with van der Waals surface area (Å²) >= 11 is 1.39. The van der Waals surface area contributed by atoms with Crippen LogP contribution >= 0.6 is 11.8 Å². The van der Waals surface area contributed by atoms with Crippen LogP contribution in [-0.2, 0) is 14.9 Å². The number of rotatable bonds is 4. The highest BCUT2D eigenvalue weighted by atomic mass is 32.2. The zero-order chi connectivity index (χ0) is 20.6. The first-order valence-electron chi connectivity index (χ1n) is 9.30. The fourth-order valence-electron chi connectivity index (χ4n) is 3.48. The van der Waals surface area contributed by atoms with Gasteiger partial charge in [-0.25, -0.2) is 0 Å². The molecule has 2 aliphatic heterocycles. The molecule has 2 heterocycles. The monoisotopic (exact) mass is 432 g/mol. The van der Waals surface area contributed by atoms with Gasteiger partial charge in [-0.1, -0.05) is 31.4 Å². The number of amides is 1. The van der Waals surface area contributed by atoms with Crippen molar-refractivity contribution in [3.63, 3.8) is 0 Å². The molecule has 1 fully saturated rings. The van der Waals surface area contributed by atoms with E-state index >= 15 is 0 Å². The van der Waals surface area contributed by atoms with Gasteiger partial charge in [-0.2, -0.15) is 23.5 Å². The van der Waals surface area contributed by atoms with Crippen LogP contribution in [-0.4, -0.2) is 41.6 Å². The molecule has 152 valence electrons. The molecule has 3 aliphatic rings. The number of thioether (sulfide) groups is 1. The van der Waals surface area contributed by atoms with Crippen molar-refractivity contribution >= 4 is 49.9 Å². The molecule has 0 atom stereocenters. The van der Waals surface area contributed by atoms with Gasteiger partial charge in [0.25, 0.3) is 5.91 Å². The molecule has 29 heavy (non-hydrogen) atoms. The Morgan fingerprint density at radius 1 is 1.21 bits per heavy atom. The van der Waals surface area contributed by atoms with Crippen molar-refractivity contribution in [2.45, 2.75) is 32.1 Å². The molecule has 1 aromatic carbocycles. The molecule has 8 nitrogen and oxygen atoms in total. The van der Waals surface area contributed by atoms with Gasteiger partial charge < -0.3 is 4.18 Å². The third-order valence-corrected chi connectivity index (χ3v) is 6.43. The van der Waals surface area contributed by atoms with E-state index in [4.69, 9.17) is 9.59 Å². The molecule has 0 unspecified atom stereocenters. The molecule has 0 spiro atoms. The van der Waals surface area contributed by atoms with E-state index in [1.54, 1.807) is 18.2 Å². The summed E-state index contributed by atoms with van der Waals surface area (Å²) in [5.41, 5.74) is 0.765.